The molecular formula is C15H26CaO16. The first-order chi connectivity index (χ1) is 14.1. The standard InChI is InChI=1S/C9H16O9.C6H12O7.Ca/c1-3(11)9(17)18-7(8(15)16)6(14)5(13)4(12)2-10;7-1-2(8)3(9)4(10)5(11)6(12)13;/h3-7,10-14H,2H2,1H3,(H,15,16);2-5,7-11H,1H2,(H,12,13);/q;;+2/p-2/t3?,4-,5-,6+,7-;2-,3-,4+,5-;/m11./s1. The molecule has 0 amide bonds. The minimum atomic E-state index is -2.31. The summed E-state index contributed by atoms with van der Waals surface area (Å²) in [4.78, 5) is 31.6. The zero-order chi connectivity index (χ0) is 25.0. The Balaban J connectivity index is -0.000000535. The molecule has 0 radical (unpaired) electrons. The van der Waals surface area contributed by atoms with E-state index in [2.05, 4.69) is 4.74 Å². The number of carbonyl (C=O) groups excluding carboxylic acids is 3. The van der Waals surface area contributed by atoms with Crippen LogP contribution in [0.2, 0.25) is 0 Å². The molecule has 0 saturated heterocycles. The molecule has 0 aromatic rings. The van der Waals surface area contributed by atoms with Crippen LogP contribution in [0.5, 0.6) is 0 Å². The molecule has 0 fully saturated rings. The van der Waals surface area contributed by atoms with E-state index in [-0.39, 0.29) is 37.7 Å². The molecule has 0 bridgehead atoms. The van der Waals surface area contributed by atoms with Crippen LogP contribution in [-0.2, 0) is 19.1 Å². The summed E-state index contributed by atoms with van der Waals surface area (Å²) < 4.78 is 4.20. The van der Waals surface area contributed by atoms with Gasteiger partial charge in [0.05, 0.1) is 25.2 Å². The van der Waals surface area contributed by atoms with Crippen molar-refractivity contribution in [2.24, 2.45) is 0 Å². The van der Waals surface area contributed by atoms with E-state index in [1.165, 1.54) is 0 Å². The average Bonchev–Trinajstić information content (AvgIpc) is 2.73. The molecule has 32 heavy (non-hydrogen) atoms. The molecule has 0 aliphatic carbocycles. The third-order valence-corrected chi connectivity index (χ3v) is 3.55. The number of aliphatic hydroxyl groups is 10. The minimum absolute atomic E-state index is 0. The van der Waals surface area contributed by atoms with Gasteiger partial charge in [-0.05, 0) is 6.92 Å². The molecule has 184 valence electrons. The van der Waals surface area contributed by atoms with E-state index < -0.39 is 86.1 Å². The molecule has 0 heterocycles. The van der Waals surface area contributed by atoms with E-state index in [1.807, 2.05) is 0 Å². The van der Waals surface area contributed by atoms with Crippen LogP contribution in [0.3, 0.4) is 0 Å². The molecular weight excluding hydrogens is 476 g/mol. The van der Waals surface area contributed by atoms with Gasteiger partial charge in [0.2, 0.25) is 0 Å². The Labute approximate surface area is 210 Å². The van der Waals surface area contributed by atoms with Gasteiger partial charge in [-0.3, -0.25) is 0 Å². The second kappa shape index (κ2) is 17.7. The van der Waals surface area contributed by atoms with Gasteiger partial charge in [-0.25, -0.2) is 4.79 Å². The second-order valence-corrected chi connectivity index (χ2v) is 6.08. The molecule has 10 N–H and O–H groups in total. The summed E-state index contributed by atoms with van der Waals surface area (Å²) in [5, 5.41) is 109. The van der Waals surface area contributed by atoms with Crippen LogP contribution >= 0.6 is 0 Å². The van der Waals surface area contributed by atoms with Crippen molar-refractivity contribution in [1.82, 2.24) is 0 Å². The third kappa shape index (κ3) is 12.5. The van der Waals surface area contributed by atoms with Crippen molar-refractivity contribution in [3.8, 4) is 0 Å². The van der Waals surface area contributed by atoms with Gasteiger partial charge in [0.1, 0.15) is 48.8 Å². The molecule has 0 rings (SSSR count). The van der Waals surface area contributed by atoms with E-state index >= 15 is 0 Å². The molecule has 0 aromatic carbocycles. The van der Waals surface area contributed by atoms with Crippen molar-refractivity contribution in [2.45, 2.75) is 61.9 Å². The number of hydrogen-bond acceptors (Lipinski definition) is 16. The Morgan fingerprint density at radius 1 is 0.719 bits per heavy atom. The molecule has 16 nitrogen and oxygen atoms in total. The summed E-state index contributed by atoms with van der Waals surface area (Å²) >= 11 is 0. The molecule has 0 aromatic heterocycles. The van der Waals surface area contributed by atoms with Gasteiger partial charge in [-0.1, -0.05) is 0 Å². The summed E-state index contributed by atoms with van der Waals surface area (Å²) in [7, 11) is 0. The quantitative estimate of drug-likeness (QED) is 0.0874. The predicted molar refractivity (Wildman–Crippen MR) is 93.5 cm³/mol. The first-order valence-electron chi connectivity index (χ1n) is 8.42. The zero-order valence-electron chi connectivity index (χ0n) is 16.7. The maximum Gasteiger partial charge on any atom is 2.00 e. The van der Waals surface area contributed by atoms with E-state index in [0.717, 1.165) is 6.92 Å². The van der Waals surface area contributed by atoms with E-state index in [0.29, 0.717) is 0 Å². The van der Waals surface area contributed by atoms with Gasteiger partial charge in [0.15, 0.2) is 6.10 Å². The number of hydrogen-bond donors (Lipinski definition) is 10. The Morgan fingerprint density at radius 3 is 1.38 bits per heavy atom. The largest absolute Gasteiger partial charge is 2.00 e. The van der Waals surface area contributed by atoms with Gasteiger partial charge >= 0.3 is 43.7 Å². The van der Waals surface area contributed by atoms with Crippen molar-refractivity contribution in [3.05, 3.63) is 0 Å². The summed E-state index contributed by atoms with van der Waals surface area (Å²) in [6.07, 6.45) is -18.1. The van der Waals surface area contributed by atoms with E-state index in [4.69, 9.17) is 40.9 Å². The number of rotatable bonds is 12. The van der Waals surface area contributed by atoms with Crippen LogP contribution in [0.25, 0.3) is 0 Å². The van der Waals surface area contributed by atoms with Gasteiger partial charge in [0, 0.05) is 0 Å². The van der Waals surface area contributed by atoms with Crippen molar-refractivity contribution < 1.29 is 80.4 Å². The fourth-order valence-corrected chi connectivity index (χ4v) is 1.66. The molecule has 0 saturated carbocycles. The maximum absolute atomic E-state index is 11.0. The monoisotopic (exact) mass is 502 g/mol. The predicted octanol–water partition coefficient (Wildman–Crippen LogP) is -10.1. The van der Waals surface area contributed by atoms with Gasteiger partial charge in [-0.2, -0.15) is 0 Å². The molecule has 9 atom stereocenters. The Bertz CT molecular complexity index is 560. The van der Waals surface area contributed by atoms with Gasteiger partial charge in [-0.15, -0.1) is 0 Å². The van der Waals surface area contributed by atoms with Gasteiger partial charge in [0.25, 0.3) is 0 Å². The Morgan fingerprint density at radius 2 is 1.09 bits per heavy atom. The number of carboxylic acid groups (broad SMARTS) is 2. The smallest absolute Gasteiger partial charge is 0.547 e. The first-order valence-corrected chi connectivity index (χ1v) is 8.42. The van der Waals surface area contributed by atoms with E-state index in [1.54, 1.807) is 0 Å². The first kappa shape index (κ1) is 35.9. The second-order valence-electron chi connectivity index (χ2n) is 6.08. The number of aliphatic hydroxyl groups excluding tert-OH is 10. The van der Waals surface area contributed by atoms with Crippen molar-refractivity contribution in [3.63, 3.8) is 0 Å². The van der Waals surface area contributed by atoms with Crippen LogP contribution in [0.1, 0.15) is 6.92 Å². The third-order valence-electron chi connectivity index (χ3n) is 3.55. The number of carbonyl (C=O) groups is 3. The zero-order valence-corrected chi connectivity index (χ0v) is 18.9. The number of carboxylic acids is 2. The topological polar surface area (TPSA) is 309 Å². The van der Waals surface area contributed by atoms with E-state index in [9.17, 15) is 34.8 Å². The fraction of sp³-hybridized carbons (Fsp3) is 0.800. The molecule has 0 aliphatic heterocycles. The van der Waals surface area contributed by atoms with Crippen LogP contribution in [-0.4, -0.2) is 175 Å². The summed E-state index contributed by atoms with van der Waals surface area (Å²) in [5.74, 6) is -5.36. The number of ether oxygens (including phenoxy) is 1. The average molecular weight is 502 g/mol. The molecule has 0 aliphatic rings. The normalized spacial score (nSPS) is 19.2. The van der Waals surface area contributed by atoms with Crippen LogP contribution in [0.4, 0.5) is 0 Å². The fourth-order valence-electron chi connectivity index (χ4n) is 1.66. The van der Waals surface area contributed by atoms with Gasteiger partial charge < -0.3 is 75.6 Å². The summed E-state index contributed by atoms with van der Waals surface area (Å²) in [5.41, 5.74) is 0. The minimum Gasteiger partial charge on any atom is -0.547 e. The van der Waals surface area contributed by atoms with Crippen molar-refractivity contribution in [2.75, 3.05) is 13.2 Å². The number of esters is 1. The van der Waals surface area contributed by atoms with Crippen molar-refractivity contribution >= 4 is 55.6 Å². The Kier molecular flexibility index (Phi) is 19.8. The molecule has 1 unspecified atom stereocenters. The Hall–Kier alpha value is -0.730. The molecule has 0 spiro atoms. The number of aliphatic carboxylic acids is 2. The maximum atomic E-state index is 11.0. The van der Waals surface area contributed by atoms with Crippen LogP contribution in [0, 0.1) is 0 Å². The summed E-state index contributed by atoms with van der Waals surface area (Å²) in [6, 6.07) is 0. The molecule has 17 heteroatoms. The van der Waals surface area contributed by atoms with Crippen LogP contribution in [0.15, 0.2) is 0 Å². The summed E-state index contributed by atoms with van der Waals surface area (Å²) in [6.45, 7) is -0.805. The van der Waals surface area contributed by atoms with Crippen molar-refractivity contribution in [1.29, 1.82) is 0 Å². The van der Waals surface area contributed by atoms with Crippen LogP contribution < -0.4 is 10.2 Å². The SMILES string of the molecule is CC(O)C(=O)O[C@@H](C(=O)[O-])[C@@H](O)[C@H](O)[C@H](O)CO.O=C([O-])[C@H](O)[C@@H](O)[C@H](O)[C@H](O)CO.[Ca+2].